The molecule has 0 aromatic carbocycles. The molecule has 5 nitrogen and oxygen atoms in total. The second-order valence-corrected chi connectivity index (χ2v) is 5.43. The van der Waals surface area contributed by atoms with E-state index >= 15 is 0 Å². The van der Waals surface area contributed by atoms with Gasteiger partial charge in [0.25, 0.3) is 0 Å². The van der Waals surface area contributed by atoms with Crippen molar-refractivity contribution < 1.29 is 9.90 Å². The van der Waals surface area contributed by atoms with E-state index in [0.717, 1.165) is 18.2 Å². The SMILES string of the molecule is CCN(c1nc(CC(=O)O)cs1)C(C)CN(C)C. The van der Waals surface area contributed by atoms with Gasteiger partial charge in [0.05, 0.1) is 12.1 Å². The van der Waals surface area contributed by atoms with Crippen LogP contribution in [0, 0.1) is 0 Å². The van der Waals surface area contributed by atoms with Crippen molar-refractivity contribution in [2.45, 2.75) is 26.3 Å². The molecule has 1 aromatic heterocycles. The molecule has 0 spiro atoms. The van der Waals surface area contributed by atoms with Gasteiger partial charge in [-0.15, -0.1) is 11.3 Å². The summed E-state index contributed by atoms with van der Waals surface area (Å²) in [5.41, 5.74) is 0.637. The van der Waals surface area contributed by atoms with E-state index in [1.807, 2.05) is 19.5 Å². The molecule has 0 aliphatic rings. The highest BCUT2D eigenvalue weighted by Crippen LogP contribution is 2.22. The molecule has 1 heterocycles. The molecule has 1 aromatic rings. The van der Waals surface area contributed by atoms with Crippen molar-refractivity contribution in [2.24, 2.45) is 0 Å². The van der Waals surface area contributed by atoms with Crippen molar-refractivity contribution in [1.82, 2.24) is 9.88 Å². The minimum atomic E-state index is -0.837. The van der Waals surface area contributed by atoms with Gasteiger partial charge in [0.15, 0.2) is 5.13 Å². The lowest BCUT2D eigenvalue weighted by atomic mass is 10.3. The van der Waals surface area contributed by atoms with Gasteiger partial charge in [-0.25, -0.2) is 4.98 Å². The van der Waals surface area contributed by atoms with Crippen molar-refractivity contribution in [3.8, 4) is 0 Å². The fourth-order valence-corrected chi connectivity index (χ4v) is 2.92. The van der Waals surface area contributed by atoms with Crippen LogP contribution in [0.25, 0.3) is 0 Å². The summed E-state index contributed by atoms with van der Waals surface area (Å²) < 4.78 is 0. The summed E-state index contributed by atoms with van der Waals surface area (Å²) in [6.45, 7) is 6.06. The summed E-state index contributed by atoms with van der Waals surface area (Å²) in [4.78, 5) is 19.4. The predicted octanol–water partition coefficient (Wildman–Crippen LogP) is 1.55. The van der Waals surface area contributed by atoms with Gasteiger partial charge < -0.3 is 14.9 Å². The average Bonchev–Trinajstić information content (AvgIpc) is 2.65. The number of carboxylic acid groups (broad SMARTS) is 1. The Kier molecular flexibility index (Phi) is 5.55. The summed E-state index contributed by atoms with van der Waals surface area (Å²) in [5.74, 6) is -0.837. The van der Waals surface area contributed by atoms with Gasteiger partial charge in [-0.3, -0.25) is 4.79 Å². The van der Waals surface area contributed by atoms with E-state index in [-0.39, 0.29) is 6.42 Å². The lowest BCUT2D eigenvalue weighted by molar-refractivity contribution is -0.136. The molecule has 1 unspecified atom stereocenters. The Morgan fingerprint density at radius 3 is 2.72 bits per heavy atom. The topological polar surface area (TPSA) is 56.7 Å². The van der Waals surface area contributed by atoms with Gasteiger partial charge in [0.2, 0.25) is 0 Å². The smallest absolute Gasteiger partial charge is 0.309 e. The standard InChI is InChI=1S/C12H21N3O2S/c1-5-15(9(2)7-14(3)4)12-13-10(8-18-12)6-11(16)17/h8-9H,5-7H2,1-4H3,(H,16,17). The molecule has 6 heteroatoms. The number of hydrogen-bond donors (Lipinski definition) is 1. The number of likely N-dealkylation sites (N-methyl/N-ethyl adjacent to an activating group) is 2. The van der Waals surface area contributed by atoms with Gasteiger partial charge in [-0.1, -0.05) is 0 Å². The number of hydrogen-bond acceptors (Lipinski definition) is 5. The lowest BCUT2D eigenvalue weighted by Crippen LogP contribution is -2.40. The van der Waals surface area contributed by atoms with Crippen molar-refractivity contribution in [1.29, 1.82) is 0 Å². The zero-order chi connectivity index (χ0) is 13.7. The first-order valence-corrected chi connectivity index (χ1v) is 6.89. The van der Waals surface area contributed by atoms with Crippen LogP contribution in [0.15, 0.2) is 5.38 Å². The number of aromatic nitrogens is 1. The van der Waals surface area contributed by atoms with Crippen LogP contribution in [-0.2, 0) is 11.2 Å². The van der Waals surface area contributed by atoms with Crippen LogP contribution in [0.1, 0.15) is 19.5 Å². The van der Waals surface area contributed by atoms with E-state index in [4.69, 9.17) is 5.11 Å². The number of nitrogens with zero attached hydrogens (tertiary/aromatic N) is 3. The Morgan fingerprint density at radius 1 is 1.56 bits per heavy atom. The third-order valence-electron chi connectivity index (χ3n) is 2.62. The maximum atomic E-state index is 10.6. The van der Waals surface area contributed by atoms with Crippen molar-refractivity contribution in [2.75, 3.05) is 32.1 Å². The largest absolute Gasteiger partial charge is 0.481 e. The molecule has 1 atom stereocenters. The second-order valence-electron chi connectivity index (χ2n) is 4.59. The number of aliphatic carboxylic acids is 1. The molecule has 0 radical (unpaired) electrons. The van der Waals surface area contributed by atoms with Crippen LogP contribution < -0.4 is 4.90 Å². The third-order valence-corrected chi connectivity index (χ3v) is 3.55. The molecule has 0 amide bonds. The number of anilines is 1. The Hall–Kier alpha value is -1.14. The highest BCUT2D eigenvalue weighted by molar-refractivity contribution is 7.13. The molecule has 1 N–H and O–H groups in total. The molecular weight excluding hydrogens is 250 g/mol. The molecule has 0 saturated carbocycles. The summed E-state index contributed by atoms with van der Waals surface area (Å²) in [6.07, 6.45) is -0.00385. The van der Waals surface area contributed by atoms with Crippen molar-refractivity contribution in [3.05, 3.63) is 11.1 Å². The van der Waals surface area contributed by atoms with E-state index in [1.165, 1.54) is 11.3 Å². The Balaban J connectivity index is 2.75. The highest BCUT2D eigenvalue weighted by atomic mass is 32.1. The number of rotatable bonds is 7. The van der Waals surface area contributed by atoms with E-state index in [9.17, 15) is 4.79 Å². The zero-order valence-corrected chi connectivity index (χ0v) is 12.2. The normalized spacial score (nSPS) is 12.7. The predicted molar refractivity (Wildman–Crippen MR) is 74.5 cm³/mol. The lowest BCUT2D eigenvalue weighted by Gasteiger charge is -2.29. The van der Waals surface area contributed by atoms with Gasteiger partial charge in [-0.2, -0.15) is 0 Å². The summed E-state index contributed by atoms with van der Waals surface area (Å²) in [6, 6.07) is 0.355. The van der Waals surface area contributed by atoms with E-state index in [0.29, 0.717) is 11.7 Å². The van der Waals surface area contributed by atoms with E-state index in [2.05, 4.69) is 28.6 Å². The fraction of sp³-hybridized carbons (Fsp3) is 0.667. The van der Waals surface area contributed by atoms with Crippen LogP contribution in [0.4, 0.5) is 5.13 Å². The van der Waals surface area contributed by atoms with Gasteiger partial charge >= 0.3 is 5.97 Å². The number of carbonyl (C=O) groups is 1. The minimum Gasteiger partial charge on any atom is -0.481 e. The van der Waals surface area contributed by atoms with Crippen LogP contribution in [0.3, 0.4) is 0 Å². The molecule has 0 saturated heterocycles. The fourth-order valence-electron chi connectivity index (χ4n) is 1.93. The Labute approximate surface area is 112 Å². The first-order chi connectivity index (χ1) is 8.43. The van der Waals surface area contributed by atoms with Crippen LogP contribution in [0.5, 0.6) is 0 Å². The minimum absolute atomic E-state index is 0.00385. The quantitative estimate of drug-likeness (QED) is 0.815. The Bertz CT molecular complexity index is 392. The van der Waals surface area contributed by atoms with E-state index < -0.39 is 5.97 Å². The zero-order valence-electron chi connectivity index (χ0n) is 11.4. The summed E-state index contributed by atoms with van der Waals surface area (Å²) >= 11 is 1.51. The molecular formula is C12H21N3O2S. The average molecular weight is 271 g/mol. The molecule has 0 bridgehead atoms. The summed E-state index contributed by atoms with van der Waals surface area (Å²) in [7, 11) is 4.09. The maximum Gasteiger partial charge on any atom is 0.309 e. The molecule has 18 heavy (non-hydrogen) atoms. The maximum absolute atomic E-state index is 10.6. The van der Waals surface area contributed by atoms with E-state index in [1.54, 1.807) is 0 Å². The molecule has 102 valence electrons. The summed E-state index contributed by atoms with van der Waals surface area (Å²) in [5, 5.41) is 11.5. The highest BCUT2D eigenvalue weighted by Gasteiger charge is 2.17. The van der Waals surface area contributed by atoms with Gasteiger partial charge in [-0.05, 0) is 27.9 Å². The van der Waals surface area contributed by atoms with Gasteiger partial charge in [0, 0.05) is 24.5 Å². The van der Waals surface area contributed by atoms with Crippen LogP contribution >= 0.6 is 11.3 Å². The monoisotopic (exact) mass is 271 g/mol. The molecule has 0 fully saturated rings. The molecule has 0 aliphatic carbocycles. The first kappa shape index (κ1) is 14.9. The number of carboxylic acids is 1. The van der Waals surface area contributed by atoms with Gasteiger partial charge in [0.1, 0.15) is 0 Å². The first-order valence-electron chi connectivity index (χ1n) is 6.01. The number of thiazole rings is 1. The molecule has 0 aliphatic heterocycles. The third kappa shape index (κ3) is 4.27. The molecule has 1 rings (SSSR count). The van der Waals surface area contributed by atoms with Crippen LogP contribution in [0.2, 0.25) is 0 Å². The van der Waals surface area contributed by atoms with Crippen molar-refractivity contribution >= 4 is 22.4 Å². The second kappa shape index (κ2) is 6.70. The Morgan fingerprint density at radius 2 is 2.22 bits per heavy atom. The van der Waals surface area contributed by atoms with Crippen molar-refractivity contribution in [3.63, 3.8) is 0 Å². The van der Waals surface area contributed by atoms with Crippen LogP contribution in [-0.4, -0.2) is 54.2 Å².